The molecule has 0 aliphatic carbocycles. The number of rotatable bonds is 10. The van der Waals surface area contributed by atoms with Gasteiger partial charge in [0.2, 0.25) is 0 Å². The highest BCUT2D eigenvalue weighted by molar-refractivity contribution is 7.91. The number of hydrogen-bond donors (Lipinski definition) is 0. The van der Waals surface area contributed by atoms with E-state index in [0.717, 1.165) is 0 Å². The van der Waals surface area contributed by atoms with Crippen molar-refractivity contribution in [2.75, 3.05) is 27.9 Å². The molecule has 0 saturated carbocycles. The van der Waals surface area contributed by atoms with E-state index in [0.29, 0.717) is 18.4 Å². The van der Waals surface area contributed by atoms with Crippen LogP contribution in [0.4, 0.5) is 13.2 Å². The standard InChI is InChI=1S/C15H23F3O6SSi/c1-12(11-26(21-2,22-3)23-4)9-24-14-7-5-13(6-8-14)10-25(19,20)15(16,17)18/h5-8,12H,9-11H2,1-4H3. The molecule has 0 spiro atoms. The van der Waals surface area contributed by atoms with E-state index in [4.69, 9.17) is 18.0 Å². The highest BCUT2D eigenvalue weighted by Crippen LogP contribution is 2.27. The molecule has 0 saturated heterocycles. The Labute approximate surface area is 152 Å². The lowest BCUT2D eigenvalue weighted by atomic mass is 10.2. The van der Waals surface area contributed by atoms with Gasteiger partial charge >= 0.3 is 14.3 Å². The predicted molar refractivity (Wildman–Crippen MR) is 91.4 cm³/mol. The Morgan fingerprint density at radius 2 is 1.54 bits per heavy atom. The van der Waals surface area contributed by atoms with E-state index in [1.54, 1.807) is 0 Å². The summed E-state index contributed by atoms with van der Waals surface area (Å²) in [4.78, 5) is 0. The first kappa shape index (κ1) is 22.9. The molecule has 1 aromatic carbocycles. The molecule has 11 heteroatoms. The van der Waals surface area contributed by atoms with Gasteiger partial charge in [-0.2, -0.15) is 13.2 Å². The van der Waals surface area contributed by atoms with Gasteiger partial charge < -0.3 is 18.0 Å². The Kier molecular flexibility index (Phi) is 8.08. The van der Waals surface area contributed by atoms with Crippen LogP contribution in [-0.2, 0) is 28.9 Å². The topological polar surface area (TPSA) is 71.1 Å². The fraction of sp³-hybridized carbons (Fsp3) is 0.600. The Morgan fingerprint density at radius 1 is 1.04 bits per heavy atom. The van der Waals surface area contributed by atoms with E-state index in [2.05, 4.69) is 0 Å². The van der Waals surface area contributed by atoms with Crippen LogP contribution in [0.3, 0.4) is 0 Å². The van der Waals surface area contributed by atoms with Crippen molar-refractivity contribution < 1.29 is 39.6 Å². The van der Waals surface area contributed by atoms with E-state index in [-0.39, 0.29) is 11.5 Å². The molecule has 1 atom stereocenters. The molecular weight excluding hydrogens is 393 g/mol. The molecule has 150 valence electrons. The van der Waals surface area contributed by atoms with Gasteiger partial charge in [0.25, 0.3) is 9.84 Å². The third kappa shape index (κ3) is 6.23. The molecule has 0 radical (unpaired) electrons. The largest absolute Gasteiger partial charge is 0.500 e. The number of ether oxygens (including phenoxy) is 1. The molecule has 0 aromatic heterocycles. The molecule has 0 heterocycles. The van der Waals surface area contributed by atoms with Crippen LogP contribution in [0.15, 0.2) is 24.3 Å². The summed E-state index contributed by atoms with van der Waals surface area (Å²) >= 11 is 0. The van der Waals surface area contributed by atoms with E-state index in [9.17, 15) is 21.6 Å². The van der Waals surface area contributed by atoms with Crippen molar-refractivity contribution in [3.8, 4) is 5.75 Å². The Morgan fingerprint density at radius 3 is 1.96 bits per heavy atom. The summed E-state index contributed by atoms with van der Waals surface area (Å²) in [5.41, 5.74) is -5.23. The fourth-order valence-corrected chi connectivity index (χ4v) is 4.97. The first-order valence-electron chi connectivity index (χ1n) is 7.65. The molecule has 0 N–H and O–H groups in total. The molecule has 0 bridgehead atoms. The van der Waals surface area contributed by atoms with Gasteiger partial charge in [0.1, 0.15) is 5.75 Å². The zero-order valence-electron chi connectivity index (χ0n) is 15.0. The fourth-order valence-electron chi connectivity index (χ4n) is 2.21. The molecular formula is C15H23F3O6SSi. The minimum atomic E-state index is -5.27. The maximum Gasteiger partial charge on any atom is 0.500 e. The SMILES string of the molecule is CO[Si](CC(C)COc1ccc(CS(=O)(=O)C(F)(F)F)cc1)(OC)OC. The van der Waals surface area contributed by atoms with Gasteiger partial charge in [-0.1, -0.05) is 19.1 Å². The number of alkyl halides is 3. The second-order valence-corrected chi connectivity index (χ2v) is 10.7. The molecule has 0 amide bonds. The maximum absolute atomic E-state index is 12.4. The van der Waals surface area contributed by atoms with Crippen LogP contribution in [0.2, 0.25) is 6.04 Å². The van der Waals surface area contributed by atoms with Crippen LogP contribution in [0.25, 0.3) is 0 Å². The van der Waals surface area contributed by atoms with Gasteiger partial charge in [0.15, 0.2) is 0 Å². The van der Waals surface area contributed by atoms with Crippen molar-refractivity contribution in [1.29, 1.82) is 0 Å². The van der Waals surface area contributed by atoms with Crippen LogP contribution in [-0.4, -0.2) is 50.7 Å². The van der Waals surface area contributed by atoms with E-state index in [1.807, 2.05) is 6.92 Å². The number of hydrogen-bond acceptors (Lipinski definition) is 6. The molecule has 1 rings (SSSR count). The third-order valence-electron chi connectivity index (χ3n) is 3.70. The van der Waals surface area contributed by atoms with Crippen molar-refractivity contribution in [1.82, 2.24) is 0 Å². The van der Waals surface area contributed by atoms with Crippen molar-refractivity contribution in [3.63, 3.8) is 0 Å². The zero-order chi connectivity index (χ0) is 20.0. The lowest BCUT2D eigenvalue weighted by molar-refractivity contribution is -0.0437. The molecule has 26 heavy (non-hydrogen) atoms. The summed E-state index contributed by atoms with van der Waals surface area (Å²) in [6, 6.07) is 5.98. The molecule has 0 aliphatic heterocycles. The quantitative estimate of drug-likeness (QED) is 0.546. The molecule has 6 nitrogen and oxygen atoms in total. The van der Waals surface area contributed by atoms with Gasteiger partial charge in [-0.3, -0.25) is 0 Å². The highest BCUT2D eigenvalue weighted by atomic mass is 32.2. The molecule has 1 aromatic rings. The lowest BCUT2D eigenvalue weighted by Gasteiger charge is -2.27. The molecule has 1 unspecified atom stereocenters. The number of benzene rings is 1. The third-order valence-corrected chi connectivity index (χ3v) is 8.18. The Balaban J connectivity index is 2.63. The van der Waals surface area contributed by atoms with Crippen molar-refractivity contribution >= 4 is 18.6 Å². The summed E-state index contributed by atoms with van der Waals surface area (Å²) < 4.78 is 81.1. The van der Waals surface area contributed by atoms with Crippen LogP contribution >= 0.6 is 0 Å². The maximum atomic E-state index is 12.4. The minimum absolute atomic E-state index is 0.0341. The van der Waals surface area contributed by atoms with E-state index < -0.39 is 29.9 Å². The van der Waals surface area contributed by atoms with E-state index >= 15 is 0 Å². The van der Waals surface area contributed by atoms with Crippen molar-refractivity contribution in [2.24, 2.45) is 5.92 Å². The predicted octanol–water partition coefficient (Wildman–Crippen LogP) is 3.01. The van der Waals surface area contributed by atoms with Gasteiger partial charge in [-0.15, -0.1) is 0 Å². The first-order valence-corrected chi connectivity index (χ1v) is 11.2. The molecule has 0 fully saturated rings. The Bertz CT molecular complexity index is 651. The number of sulfone groups is 1. The van der Waals surface area contributed by atoms with Crippen LogP contribution < -0.4 is 4.74 Å². The second kappa shape index (κ2) is 9.18. The van der Waals surface area contributed by atoms with Crippen molar-refractivity contribution in [2.45, 2.75) is 24.2 Å². The molecule has 0 aliphatic rings. The van der Waals surface area contributed by atoms with Crippen LogP contribution in [0.1, 0.15) is 12.5 Å². The summed E-state index contributed by atoms with van der Waals surface area (Å²) in [5.74, 6) is -0.645. The minimum Gasteiger partial charge on any atom is -0.493 e. The highest BCUT2D eigenvalue weighted by Gasteiger charge is 2.45. The van der Waals surface area contributed by atoms with E-state index in [1.165, 1.54) is 45.6 Å². The van der Waals surface area contributed by atoms with Crippen LogP contribution in [0, 0.1) is 5.92 Å². The smallest absolute Gasteiger partial charge is 0.493 e. The average molecular weight is 416 g/mol. The average Bonchev–Trinajstić information content (AvgIpc) is 2.58. The lowest BCUT2D eigenvalue weighted by Crippen LogP contribution is -2.44. The zero-order valence-corrected chi connectivity index (χ0v) is 16.8. The summed E-state index contributed by atoms with van der Waals surface area (Å²) in [6.07, 6.45) is 0. The number of halogens is 3. The van der Waals surface area contributed by atoms with Gasteiger partial charge in [-0.25, -0.2) is 8.42 Å². The van der Waals surface area contributed by atoms with Gasteiger partial charge in [0.05, 0.1) is 12.4 Å². The van der Waals surface area contributed by atoms with Gasteiger partial charge in [0, 0.05) is 27.4 Å². The second-order valence-electron chi connectivity index (χ2n) is 5.76. The van der Waals surface area contributed by atoms with Crippen LogP contribution in [0.5, 0.6) is 5.75 Å². The summed E-state index contributed by atoms with van der Waals surface area (Å²) in [6.45, 7) is 2.23. The normalized spacial score (nSPS) is 14.3. The summed E-state index contributed by atoms with van der Waals surface area (Å²) in [7, 11) is -3.38. The summed E-state index contributed by atoms with van der Waals surface area (Å²) in [5, 5.41) is 0. The first-order chi connectivity index (χ1) is 12.0. The van der Waals surface area contributed by atoms with Crippen molar-refractivity contribution in [3.05, 3.63) is 29.8 Å². The Hall–Kier alpha value is -1.14. The monoisotopic (exact) mass is 416 g/mol. The van der Waals surface area contributed by atoms with Gasteiger partial charge in [-0.05, 0) is 23.6 Å².